The van der Waals surface area contributed by atoms with Gasteiger partial charge in [0.25, 0.3) is 5.91 Å². The molecular weight excluding hydrogens is 302 g/mol. The third kappa shape index (κ3) is 4.08. The summed E-state index contributed by atoms with van der Waals surface area (Å²) in [5.41, 5.74) is 1.03. The van der Waals surface area contributed by atoms with Crippen LogP contribution in [0.15, 0.2) is 53.4 Å². The fourth-order valence-corrected chi connectivity index (χ4v) is 2.49. The molecule has 0 aliphatic rings. The van der Waals surface area contributed by atoms with Gasteiger partial charge < -0.3 is 10.1 Å². The lowest BCUT2D eigenvalue weighted by molar-refractivity contribution is 0.102. The predicted octanol–water partition coefficient (Wildman–Crippen LogP) is 2.74. The maximum atomic E-state index is 12.1. The molecule has 0 saturated heterocycles. The largest absolute Gasteiger partial charge is 0.494 e. The van der Waals surface area contributed by atoms with Crippen LogP contribution >= 0.6 is 0 Å². The lowest BCUT2D eigenvalue weighted by Gasteiger charge is -2.07. The molecule has 116 valence electrons. The van der Waals surface area contributed by atoms with Gasteiger partial charge in [0, 0.05) is 17.5 Å². The summed E-state index contributed by atoms with van der Waals surface area (Å²) in [5, 5.41) is 2.74. The highest BCUT2D eigenvalue weighted by atomic mass is 32.2. The summed E-state index contributed by atoms with van der Waals surface area (Å²) in [6.45, 7) is 2.48. The Labute approximate surface area is 129 Å². The third-order valence-electron chi connectivity index (χ3n) is 2.97. The molecule has 6 heteroatoms. The molecule has 0 aliphatic heterocycles. The quantitative estimate of drug-likeness (QED) is 0.920. The van der Waals surface area contributed by atoms with E-state index in [4.69, 9.17) is 4.74 Å². The van der Waals surface area contributed by atoms with Crippen LogP contribution in [0.25, 0.3) is 0 Å². The Kier molecular flexibility index (Phi) is 4.82. The van der Waals surface area contributed by atoms with Gasteiger partial charge in [-0.2, -0.15) is 0 Å². The van der Waals surface area contributed by atoms with E-state index in [-0.39, 0.29) is 10.8 Å². The van der Waals surface area contributed by atoms with Gasteiger partial charge in [0.05, 0.1) is 11.5 Å². The van der Waals surface area contributed by atoms with Gasteiger partial charge >= 0.3 is 0 Å². The van der Waals surface area contributed by atoms with Crippen LogP contribution in [0, 0.1) is 0 Å². The first kappa shape index (κ1) is 16.0. The molecule has 0 aromatic heterocycles. The van der Waals surface area contributed by atoms with Crippen molar-refractivity contribution in [3.63, 3.8) is 0 Å². The Bertz CT molecular complexity index is 750. The van der Waals surface area contributed by atoms with E-state index in [0.717, 1.165) is 12.0 Å². The van der Waals surface area contributed by atoms with Crippen molar-refractivity contribution in [1.29, 1.82) is 0 Å². The molecule has 22 heavy (non-hydrogen) atoms. The Balaban J connectivity index is 2.08. The first-order chi connectivity index (χ1) is 10.4. The number of sulfone groups is 1. The number of ether oxygens (including phenoxy) is 1. The highest BCUT2D eigenvalue weighted by molar-refractivity contribution is 7.90. The van der Waals surface area contributed by atoms with Gasteiger partial charge in [0.1, 0.15) is 5.75 Å². The van der Waals surface area contributed by atoms with Gasteiger partial charge in [-0.3, -0.25) is 4.79 Å². The Morgan fingerprint density at radius 3 is 2.14 bits per heavy atom. The summed E-state index contributed by atoms with van der Waals surface area (Å²) in [4.78, 5) is 12.3. The number of anilines is 1. The highest BCUT2D eigenvalue weighted by Crippen LogP contribution is 2.17. The van der Waals surface area contributed by atoms with Crippen LogP contribution in [0.1, 0.15) is 17.3 Å². The molecule has 0 spiro atoms. The molecule has 2 aromatic carbocycles. The van der Waals surface area contributed by atoms with Crippen molar-refractivity contribution < 1.29 is 17.9 Å². The minimum atomic E-state index is -3.26. The van der Waals surface area contributed by atoms with Crippen molar-refractivity contribution >= 4 is 21.4 Å². The zero-order valence-corrected chi connectivity index (χ0v) is 13.2. The van der Waals surface area contributed by atoms with E-state index in [1.165, 1.54) is 24.3 Å². The number of benzene rings is 2. The normalized spacial score (nSPS) is 11.0. The van der Waals surface area contributed by atoms with Crippen molar-refractivity contribution in [2.24, 2.45) is 0 Å². The maximum Gasteiger partial charge on any atom is 0.255 e. The van der Waals surface area contributed by atoms with Gasteiger partial charge in [-0.1, -0.05) is 0 Å². The minimum Gasteiger partial charge on any atom is -0.494 e. The van der Waals surface area contributed by atoms with Crippen LogP contribution in [0.4, 0.5) is 5.69 Å². The lowest BCUT2D eigenvalue weighted by atomic mass is 10.2. The number of rotatable bonds is 5. The number of nitrogens with one attached hydrogen (secondary N) is 1. The minimum absolute atomic E-state index is 0.185. The van der Waals surface area contributed by atoms with E-state index in [2.05, 4.69) is 5.32 Å². The van der Waals surface area contributed by atoms with Gasteiger partial charge in [0.15, 0.2) is 9.84 Å². The molecule has 0 unspecified atom stereocenters. The zero-order chi connectivity index (χ0) is 16.2. The van der Waals surface area contributed by atoms with Crippen LogP contribution in [-0.4, -0.2) is 27.2 Å². The monoisotopic (exact) mass is 319 g/mol. The van der Waals surface area contributed by atoms with Crippen molar-refractivity contribution in [3.8, 4) is 5.75 Å². The van der Waals surface area contributed by atoms with E-state index >= 15 is 0 Å². The number of carbonyl (C=O) groups excluding carboxylic acids is 1. The van der Waals surface area contributed by atoms with Crippen LogP contribution in [0.3, 0.4) is 0 Å². The second-order valence-electron chi connectivity index (χ2n) is 4.71. The highest BCUT2D eigenvalue weighted by Gasteiger charge is 2.10. The van der Waals surface area contributed by atoms with Crippen LogP contribution in [-0.2, 0) is 9.84 Å². The van der Waals surface area contributed by atoms with Gasteiger partial charge in [-0.05, 0) is 55.5 Å². The Morgan fingerprint density at radius 1 is 1.05 bits per heavy atom. The van der Waals surface area contributed by atoms with Crippen LogP contribution in [0.5, 0.6) is 5.75 Å². The van der Waals surface area contributed by atoms with E-state index in [0.29, 0.717) is 17.9 Å². The Hall–Kier alpha value is -2.34. The van der Waals surface area contributed by atoms with E-state index in [1.807, 2.05) is 6.92 Å². The summed E-state index contributed by atoms with van der Waals surface area (Å²) < 4.78 is 28.1. The van der Waals surface area contributed by atoms with Crippen LogP contribution < -0.4 is 10.1 Å². The standard InChI is InChI=1S/C16H17NO4S/c1-3-21-14-8-6-13(7-9-14)17-16(18)12-4-10-15(11-5-12)22(2,19)20/h4-11H,3H2,1-2H3,(H,17,18). The van der Waals surface area contributed by atoms with E-state index in [1.54, 1.807) is 24.3 Å². The summed E-state index contributed by atoms with van der Waals surface area (Å²) in [6.07, 6.45) is 1.13. The topological polar surface area (TPSA) is 72.5 Å². The van der Waals surface area contributed by atoms with Crippen LogP contribution in [0.2, 0.25) is 0 Å². The predicted molar refractivity (Wildman–Crippen MR) is 85.1 cm³/mol. The molecule has 0 fully saturated rings. The van der Waals surface area contributed by atoms with Gasteiger partial charge in [-0.15, -0.1) is 0 Å². The lowest BCUT2D eigenvalue weighted by Crippen LogP contribution is -2.12. The first-order valence-corrected chi connectivity index (χ1v) is 8.63. The maximum absolute atomic E-state index is 12.1. The number of carbonyl (C=O) groups is 1. The Morgan fingerprint density at radius 2 is 1.64 bits per heavy atom. The molecule has 0 saturated carbocycles. The van der Waals surface area contributed by atoms with Crippen molar-refractivity contribution in [2.75, 3.05) is 18.2 Å². The molecule has 0 heterocycles. The fourth-order valence-electron chi connectivity index (χ4n) is 1.86. The molecule has 1 amide bonds. The third-order valence-corrected chi connectivity index (χ3v) is 4.10. The molecule has 5 nitrogen and oxygen atoms in total. The SMILES string of the molecule is CCOc1ccc(NC(=O)c2ccc(S(C)(=O)=O)cc2)cc1. The van der Waals surface area contributed by atoms with Crippen molar-refractivity contribution in [2.45, 2.75) is 11.8 Å². The first-order valence-electron chi connectivity index (χ1n) is 6.74. The molecule has 0 radical (unpaired) electrons. The van der Waals surface area contributed by atoms with Crippen molar-refractivity contribution in [3.05, 3.63) is 54.1 Å². The average Bonchev–Trinajstić information content (AvgIpc) is 2.49. The van der Waals surface area contributed by atoms with E-state index in [9.17, 15) is 13.2 Å². The van der Waals surface area contributed by atoms with Crippen molar-refractivity contribution in [1.82, 2.24) is 0 Å². The summed E-state index contributed by atoms with van der Waals surface area (Å²) >= 11 is 0. The molecule has 2 aromatic rings. The second kappa shape index (κ2) is 6.62. The second-order valence-corrected chi connectivity index (χ2v) is 6.72. The molecule has 0 atom stereocenters. The number of amides is 1. The zero-order valence-electron chi connectivity index (χ0n) is 12.4. The molecule has 2 rings (SSSR count). The summed E-state index contributed by atoms with van der Waals surface area (Å²) in [7, 11) is -3.26. The number of hydrogen-bond donors (Lipinski definition) is 1. The molecule has 0 bridgehead atoms. The number of hydrogen-bond acceptors (Lipinski definition) is 4. The summed E-state index contributed by atoms with van der Waals surface area (Å²) in [5.74, 6) is 0.433. The molecule has 0 aliphatic carbocycles. The smallest absolute Gasteiger partial charge is 0.255 e. The fraction of sp³-hybridized carbons (Fsp3) is 0.188. The van der Waals surface area contributed by atoms with E-state index < -0.39 is 9.84 Å². The van der Waals surface area contributed by atoms with Gasteiger partial charge in [0.2, 0.25) is 0 Å². The average molecular weight is 319 g/mol. The molecular formula is C16H17NO4S. The van der Waals surface area contributed by atoms with Gasteiger partial charge in [-0.25, -0.2) is 8.42 Å². The molecule has 1 N–H and O–H groups in total. The summed E-state index contributed by atoms with van der Waals surface area (Å²) in [6, 6.07) is 12.8.